The summed E-state index contributed by atoms with van der Waals surface area (Å²) in [5, 5.41) is 0. The van der Waals surface area contributed by atoms with E-state index in [1.54, 1.807) is 0 Å². The molecule has 1 heterocycles. The molecule has 0 aliphatic rings. The highest BCUT2D eigenvalue weighted by molar-refractivity contribution is 7.12. The van der Waals surface area contributed by atoms with E-state index in [0.29, 0.717) is 4.88 Å². The van der Waals surface area contributed by atoms with E-state index in [9.17, 15) is 4.79 Å². The number of hydrogen-bond donors (Lipinski definition) is 1. The monoisotopic (exact) mass is 188 g/mol. The Labute approximate surface area is 75.4 Å². The lowest BCUT2D eigenvalue weighted by atomic mass is 10.5. The average Bonchev–Trinajstić information content (AvgIpc) is 2.54. The Bertz CT molecular complexity index is 247. The number of methoxy groups -OCH3 is 1. The molecule has 68 valence electrons. The lowest BCUT2D eigenvalue weighted by molar-refractivity contribution is 0.0607. The van der Waals surface area contributed by atoms with Crippen LogP contribution in [0.25, 0.3) is 0 Å². The highest BCUT2D eigenvalue weighted by Crippen LogP contribution is 2.15. The lowest BCUT2D eigenvalue weighted by Gasteiger charge is -1.92. The van der Waals surface area contributed by atoms with Crippen molar-refractivity contribution in [2.24, 2.45) is 0 Å². The maximum Gasteiger partial charge on any atom is 0.351 e. The van der Waals surface area contributed by atoms with E-state index in [1.165, 1.54) is 24.0 Å². The van der Waals surface area contributed by atoms with Crippen LogP contribution in [-0.2, 0) is 4.74 Å². The second-order valence-corrected chi connectivity index (χ2v) is 2.41. The number of esters is 1. The van der Waals surface area contributed by atoms with E-state index in [1.807, 2.05) is 13.8 Å². The number of hydrogen-bond acceptors (Lipinski definition) is 5. The molecule has 5 heteroatoms. The summed E-state index contributed by atoms with van der Waals surface area (Å²) in [4.78, 5) is 14.8. The molecule has 0 amide bonds. The quantitative estimate of drug-likeness (QED) is 0.679. The van der Waals surface area contributed by atoms with Crippen LogP contribution in [0.5, 0.6) is 0 Å². The highest BCUT2D eigenvalue weighted by atomic mass is 32.1. The summed E-state index contributed by atoms with van der Waals surface area (Å²) in [5.41, 5.74) is 6.82. The zero-order valence-corrected chi connectivity index (χ0v) is 8.14. The Morgan fingerprint density at radius 1 is 1.67 bits per heavy atom. The first-order valence-corrected chi connectivity index (χ1v) is 4.41. The second-order valence-electron chi connectivity index (χ2n) is 1.56. The zero-order chi connectivity index (χ0) is 9.56. The molecule has 1 rings (SSSR count). The molecule has 0 aliphatic carbocycles. The van der Waals surface area contributed by atoms with Crippen molar-refractivity contribution < 1.29 is 9.53 Å². The van der Waals surface area contributed by atoms with Gasteiger partial charge in [0.1, 0.15) is 5.82 Å². The zero-order valence-electron chi connectivity index (χ0n) is 7.33. The molecule has 0 fully saturated rings. The van der Waals surface area contributed by atoms with E-state index in [4.69, 9.17) is 5.73 Å². The molecule has 0 aromatic carbocycles. The summed E-state index contributed by atoms with van der Waals surface area (Å²) in [6, 6.07) is 0. The molecule has 0 radical (unpaired) electrons. The first kappa shape index (κ1) is 10.9. The van der Waals surface area contributed by atoms with Crippen molar-refractivity contribution >= 4 is 23.1 Å². The minimum absolute atomic E-state index is 0.233. The van der Waals surface area contributed by atoms with Crippen LogP contribution in [0.3, 0.4) is 0 Å². The van der Waals surface area contributed by atoms with Crippen molar-refractivity contribution in [3.63, 3.8) is 0 Å². The van der Waals surface area contributed by atoms with Gasteiger partial charge in [-0.15, -0.1) is 11.3 Å². The number of nitrogens with two attached hydrogens (primary N) is 1. The smallest absolute Gasteiger partial charge is 0.351 e. The molecule has 0 saturated heterocycles. The predicted molar refractivity (Wildman–Crippen MR) is 49.2 cm³/mol. The number of rotatable bonds is 1. The van der Waals surface area contributed by atoms with Gasteiger partial charge in [-0.3, -0.25) is 0 Å². The minimum Gasteiger partial charge on any atom is -0.465 e. The van der Waals surface area contributed by atoms with Gasteiger partial charge in [0.2, 0.25) is 0 Å². The Balaban J connectivity index is 0.000000561. The van der Waals surface area contributed by atoms with Crippen LogP contribution in [0.15, 0.2) is 5.51 Å². The van der Waals surface area contributed by atoms with Crippen molar-refractivity contribution in [2.45, 2.75) is 13.8 Å². The number of ether oxygens (including phenoxy) is 1. The first-order chi connectivity index (χ1) is 5.75. The first-order valence-electron chi connectivity index (χ1n) is 3.53. The summed E-state index contributed by atoms with van der Waals surface area (Å²) < 4.78 is 4.43. The van der Waals surface area contributed by atoms with Crippen molar-refractivity contribution in [1.29, 1.82) is 0 Å². The fraction of sp³-hybridized carbons (Fsp3) is 0.429. The predicted octanol–water partition coefficient (Wildman–Crippen LogP) is 1.54. The van der Waals surface area contributed by atoms with Crippen LogP contribution in [0, 0.1) is 0 Å². The fourth-order valence-corrected chi connectivity index (χ4v) is 1.12. The molecule has 0 unspecified atom stereocenters. The molecule has 1 aromatic rings. The highest BCUT2D eigenvalue weighted by Gasteiger charge is 2.11. The number of thiazole rings is 1. The second kappa shape index (κ2) is 5.54. The summed E-state index contributed by atoms with van der Waals surface area (Å²) in [6.07, 6.45) is 0. The van der Waals surface area contributed by atoms with Gasteiger partial charge in [-0.05, 0) is 0 Å². The van der Waals surface area contributed by atoms with Crippen molar-refractivity contribution in [3.8, 4) is 0 Å². The number of nitrogens with zero attached hydrogens (tertiary/aromatic N) is 1. The van der Waals surface area contributed by atoms with Crippen LogP contribution in [0.1, 0.15) is 23.5 Å². The number of anilines is 1. The number of nitrogen functional groups attached to an aromatic ring is 1. The van der Waals surface area contributed by atoms with E-state index in [0.717, 1.165) is 0 Å². The topological polar surface area (TPSA) is 65.2 Å². The Kier molecular flexibility index (Phi) is 5.03. The third-order valence-electron chi connectivity index (χ3n) is 0.966. The van der Waals surface area contributed by atoms with Crippen molar-refractivity contribution in [3.05, 3.63) is 10.4 Å². The molecule has 12 heavy (non-hydrogen) atoms. The van der Waals surface area contributed by atoms with Crippen LogP contribution in [0.4, 0.5) is 5.82 Å². The van der Waals surface area contributed by atoms with Crippen molar-refractivity contribution in [1.82, 2.24) is 4.98 Å². The summed E-state index contributed by atoms with van der Waals surface area (Å²) in [5.74, 6) is -0.197. The molecule has 0 spiro atoms. The average molecular weight is 188 g/mol. The molecular weight excluding hydrogens is 176 g/mol. The SMILES string of the molecule is CC.COC(=O)c1scnc1N. The molecule has 1 aromatic heterocycles. The minimum atomic E-state index is -0.431. The van der Waals surface area contributed by atoms with Gasteiger partial charge in [-0.2, -0.15) is 0 Å². The third kappa shape index (κ3) is 2.50. The van der Waals surface area contributed by atoms with Gasteiger partial charge in [-0.1, -0.05) is 13.8 Å². The van der Waals surface area contributed by atoms with E-state index < -0.39 is 5.97 Å². The Morgan fingerprint density at radius 2 is 2.25 bits per heavy atom. The molecule has 0 saturated carbocycles. The largest absolute Gasteiger partial charge is 0.465 e. The molecule has 0 bridgehead atoms. The van der Waals surface area contributed by atoms with Gasteiger partial charge >= 0.3 is 5.97 Å². The molecule has 0 atom stereocenters. The van der Waals surface area contributed by atoms with Crippen LogP contribution in [0.2, 0.25) is 0 Å². The van der Waals surface area contributed by atoms with Gasteiger partial charge in [0.05, 0.1) is 12.6 Å². The number of carbonyl (C=O) groups excluding carboxylic acids is 1. The van der Waals surface area contributed by atoms with E-state index in [-0.39, 0.29) is 5.82 Å². The van der Waals surface area contributed by atoms with Crippen LogP contribution >= 0.6 is 11.3 Å². The molecule has 0 aliphatic heterocycles. The van der Waals surface area contributed by atoms with Gasteiger partial charge < -0.3 is 10.5 Å². The van der Waals surface area contributed by atoms with Crippen LogP contribution < -0.4 is 5.73 Å². The standard InChI is InChI=1S/C5H6N2O2S.C2H6/c1-9-5(8)3-4(6)7-2-10-3;1-2/h2H,6H2,1H3;1-2H3. The van der Waals surface area contributed by atoms with E-state index >= 15 is 0 Å². The fourth-order valence-electron chi connectivity index (χ4n) is 0.500. The van der Waals surface area contributed by atoms with Crippen molar-refractivity contribution in [2.75, 3.05) is 12.8 Å². The lowest BCUT2D eigenvalue weighted by Crippen LogP contribution is -2.01. The summed E-state index contributed by atoms with van der Waals surface area (Å²) in [7, 11) is 1.31. The molecule has 2 N–H and O–H groups in total. The maximum absolute atomic E-state index is 10.8. The normalized spacial score (nSPS) is 8.25. The number of carbonyl (C=O) groups is 1. The van der Waals surface area contributed by atoms with Gasteiger partial charge in [-0.25, -0.2) is 9.78 Å². The Hall–Kier alpha value is -1.10. The van der Waals surface area contributed by atoms with E-state index in [2.05, 4.69) is 9.72 Å². The van der Waals surface area contributed by atoms with Gasteiger partial charge in [0.25, 0.3) is 0 Å². The summed E-state index contributed by atoms with van der Waals surface area (Å²) >= 11 is 1.17. The Morgan fingerprint density at radius 3 is 2.58 bits per heavy atom. The van der Waals surface area contributed by atoms with Gasteiger partial charge in [0.15, 0.2) is 4.88 Å². The summed E-state index contributed by atoms with van der Waals surface area (Å²) in [6.45, 7) is 4.00. The van der Waals surface area contributed by atoms with Gasteiger partial charge in [0, 0.05) is 0 Å². The number of aromatic nitrogens is 1. The van der Waals surface area contributed by atoms with Crippen LogP contribution in [-0.4, -0.2) is 18.1 Å². The molecule has 4 nitrogen and oxygen atoms in total. The third-order valence-corrected chi connectivity index (χ3v) is 1.79. The molecular formula is C7H12N2O2S. The maximum atomic E-state index is 10.8.